The molecule has 8 nitrogen and oxygen atoms in total. The highest BCUT2D eigenvalue weighted by Crippen LogP contribution is 2.16. The van der Waals surface area contributed by atoms with Crippen LogP contribution in [0.15, 0.2) is 5.38 Å². The fourth-order valence-corrected chi connectivity index (χ4v) is 1.74. The number of tetrazole rings is 1. The molecule has 0 radical (unpaired) electrons. The maximum atomic E-state index is 11.3. The van der Waals surface area contributed by atoms with E-state index in [1.54, 1.807) is 12.3 Å². The third-order valence-electron chi connectivity index (χ3n) is 1.78. The molecule has 2 rings (SSSR count). The quantitative estimate of drug-likeness (QED) is 0.746. The molecule has 9 heteroatoms. The van der Waals surface area contributed by atoms with Gasteiger partial charge in [-0.05, 0) is 6.92 Å². The molecule has 2 N–H and O–H groups in total. The number of anilines is 1. The Bertz CT molecular complexity index is 482. The van der Waals surface area contributed by atoms with Gasteiger partial charge in [0.15, 0.2) is 16.6 Å². The monoisotopic (exact) mass is 254 g/mol. The first kappa shape index (κ1) is 11.5. The Hall–Kier alpha value is -2.03. The zero-order valence-electron chi connectivity index (χ0n) is 9.01. The largest absolute Gasteiger partial charge is 0.461 e. The van der Waals surface area contributed by atoms with Gasteiger partial charge in [0.05, 0.1) is 13.2 Å². The molecule has 0 aromatic carbocycles. The number of aromatic nitrogens is 5. The molecule has 2 aromatic rings. The van der Waals surface area contributed by atoms with Crippen LogP contribution in [0.3, 0.4) is 0 Å². The zero-order chi connectivity index (χ0) is 12.1. The summed E-state index contributed by atoms with van der Waals surface area (Å²) >= 11 is 1.32. The predicted octanol–water partition coefficient (Wildman–Crippen LogP) is 0.445. The van der Waals surface area contributed by atoms with Gasteiger partial charge in [-0.15, -0.1) is 21.5 Å². The van der Waals surface area contributed by atoms with Gasteiger partial charge < -0.3 is 10.1 Å². The van der Waals surface area contributed by atoms with Gasteiger partial charge in [-0.25, -0.2) is 9.78 Å². The molecule has 0 bridgehead atoms. The summed E-state index contributed by atoms with van der Waals surface area (Å²) in [6.45, 7) is 2.48. The summed E-state index contributed by atoms with van der Waals surface area (Å²) in [7, 11) is 0. The molecule has 0 atom stereocenters. The van der Waals surface area contributed by atoms with E-state index < -0.39 is 5.97 Å². The van der Waals surface area contributed by atoms with Crippen molar-refractivity contribution in [1.82, 2.24) is 25.6 Å². The van der Waals surface area contributed by atoms with Gasteiger partial charge in [0.1, 0.15) is 0 Å². The van der Waals surface area contributed by atoms with Gasteiger partial charge in [-0.3, -0.25) is 0 Å². The number of hydrogen-bond acceptors (Lipinski definition) is 8. The maximum Gasteiger partial charge on any atom is 0.357 e. The summed E-state index contributed by atoms with van der Waals surface area (Å²) in [6.07, 6.45) is 0. The SMILES string of the molecule is CCOC(=O)c1csc(NCc2nn[nH]n2)n1. The van der Waals surface area contributed by atoms with Gasteiger partial charge in [0, 0.05) is 5.38 Å². The average Bonchev–Trinajstić information content (AvgIpc) is 2.98. The third-order valence-corrected chi connectivity index (χ3v) is 2.58. The number of thiazole rings is 1. The molecule has 0 unspecified atom stereocenters. The fourth-order valence-electron chi connectivity index (χ4n) is 1.07. The third kappa shape index (κ3) is 2.97. The van der Waals surface area contributed by atoms with Crippen LogP contribution in [-0.2, 0) is 11.3 Å². The van der Waals surface area contributed by atoms with Crippen LogP contribution < -0.4 is 5.32 Å². The number of nitrogens with one attached hydrogen (secondary N) is 2. The Balaban J connectivity index is 1.92. The Morgan fingerprint density at radius 3 is 3.24 bits per heavy atom. The molecule has 0 fully saturated rings. The highest BCUT2D eigenvalue weighted by Gasteiger charge is 2.11. The Morgan fingerprint density at radius 2 is 2.53 bits per heavy atom. The lowest BCUT2D eigenvalue weighted by Crippen LogP contribution is -2.06. The van der Waals surface area contributed by atoms with Gasteiger partial charge in [-0.1, -0.05) is 5.21 Å². The van der Waals surface area contributed by atoms with Crippen molar-refractivity contribution >= 4 is 22.4 Å². The first-order valence-electron chi connectivity index (χ1n) is 4.88. The summed E-state index contributed by atoms with van der Waals surface area (Å²) in [4.78, 5) is 15.4. The Morgan fingerprint density at radius 1 is 1.65 bits per heavy atom. The lowest BCUT2D eigenvalue weighted by Gasteiger charge is -1.97. The van der Waals surface area contributed by atoms with Crippen LogP contribution in [-0.4, -0.2) is 38.2 Å². The molecule has 2 aromatic heterocycles. The van der Waals surface area contributed by atoms with E-state index in [1.165, 1.54) is 11.3 Å². The summed E-state index contributed by atoms with van der Waals surface area (Å²) < 4.78 is 4.83. The van der Waals surface area contributed by atoms with Crippen molar-refractivity contribution in [3.05, 3.63) is 16.9 Å². The molecule has 0 saturated carbocycles. The summed E-state index contributed by atoms with van der Waals surface area (Å²) in [5.74, 6) is 0.106. The second-order valence-electron chi connectivity index (χ2n) is 2.94. The minimum absolute atomic E-state index is 0.299. The molecule has 0 aliphatic rings. The Kier molecular flexibility index (Phi) is 3.60. The molecule has 0 aliphatic carbocycles. The number of carbonyl (C=O) groups is 1. The number of carbonyl (C=O) groups excluding carboxylic acids is 1. The lowest BCUT2D eigenvalue weighted by atomic mass is 10.5. The van der Waals surface area contributed by atoms with Crippen molar-refractivity contribution in [3.8, 4) is 0 Å². The van der Waals surface area contributed by atoms with Crippen molar-refractivity contribution in [2.75, 3.05) is 11.9 Å². The molecule has 2 heterocycles. The van der Waals surface area contributed by atoms with Crippen molar-refractivity contribution in [2.24, 2.45) is 0 Å². The first-order chi connectivity index (χ1) is 8.29. The van der Waals surface area contributed by atoms with Crippen LogP contribution in [0, 0.1) is 0 Å². The normalized spacial score (nSPS) is 10.2. The number of esters is 1. The summed E-state index contributed by atoms with van der Waals surface area (Å²) in [6, 6.07) is 0. The number of H-pyrrole nitrogens is 1. The maximum absolute atomic E-state index is 11.3. The van der Waals surface area contributed by atoms with Crippen LogP contribution in [0.5, 0.6) is 0 Å². The molecule has 0 spiro atoms. The smallest absolute Gasteiger partial charge is 0.357 e. The van der Waals surface area contributed by atoms with E-state index in [0.29, 0.717) is 29.8 Å². The minimum atomic E-state index is -0.420. The molecular formula is C8H10N6O2S. The predicted molar refractivity (Wildman–Crippen MR) is 59.6 cm³/mol. The molecule has 0 saturated heterocycles. The summed E-state index contributed by atoms with van der Waals surface area (Å²) in [5, 5.41) is 18.5. The van der Waals surface area contributed by atoms with Crippen LogP contribution in [0.1, 0.15) is 23.2 Å². The molecule has 0 aliphatic heterocycles. The van der Waals surface area contributed by atoms with Gasteiger partial charge in [0.25, 0.3) is 0 Å². The molecule has 17 heavy (non-hydrogen) atoms. The van der Waals surface area contributed by atoms with Crippen LogP contribution in [0.4, 0.5) is 5.13 Å². The van der Waals surface area contributed by atoms with Gasteiger partial charge in [-0.2, -0.15) is 5.21 Å². The fraction of sp³-hybridized carbons (Fsp3) is 0.375. The molecular weight excluding hydrogens is 244 g/mol. The van der Waals surface area contributed by atoms with E-state index in [-0.39, 0.29) is 0 Å². The highest BCUT2D eigenvalue weighted by atomic mass is 32.1. The van der Waals surface area contributed by atoms with E-state index in [4.69, 9.17) is 4.74 Å². The Labute approximate surface area is 100 Å². The second-order valence-corrected chi connectivity index (χ2v) is 3.80. The van der Waals surface area contributed by atoms with Gasteiger partial charge in [0.2, 0.25) is 0 Å². The van der Waals surface area contributed by atoms with Crippen molar-refractivity contribution in [3.63, 3.8) is 0 Å². The average molecular weight is 254 g/mol. The number of ether oxygens (including phenoxy) is 1. The van der Waals surface area contributed by atoms with Crippen LogP contribution in [0.2, 0.25) is 0 Å². The molecule has 0 amide bonds. The van der Waals surface area contributed by atoms with Crippen molar-refractivity contribution in [2.45, 2.75) is 13.5 Å². The zero-order valence-corrected chi connectivity index (χ0v) is 9.82. The minimum Gasteiger partial charge on any atom is -0.461 e. The number of nitrogens with zero attached hydrogens (tertiary/aromatic N) is 4. The van der Waals surface area contributed by atoms with E-state index in [0.717, 1.165) is 0 Å². The van der Waals surface area contributed by atoms with E-state index in [2.05, 4.69) is 30.9 Å². The standard InChI is InChI=1S/C8H10N6O2S/c1-2-16-7(15)5-4-17-8(10-5)9-3-6-11-13-14-12-6/h4H,2-3H2,1H3,(H,9,10)(H,11,12,13,14). The van der Waals surface area contributed by atoms with E-state index in [9.17, 15) is 4.79 Å². The first-order valence-corrected chi connectivity index (χ1v) is 5.76. The number of rotatable bonds is 5. The topological polar surface area (TPSA) is 106 Å². The molecule has 90 valence electrons. The summed E-state index contributed by atoms with van der Waals surface area (Å²) in [5.41, 5.74) is 0.299. The van der Waals surface area contributed by atoms with Gasteiger partial charge >= 0.3 is 5.97 Å². The number of hydrogen-bond donors (Lipinski definition) is 2. The van der Waals surface area contributed by atoms with Crippen LogP contribution in [0.25, 0.3) is 0 Å². The van der Waals surface area contributed by atoms with Crippen molar-refractivity contribution in [1.29, 1.82) is 0 Å². The lowest BCUT2D eigenvalue weighted by molar-refractivity contribution is 0.0520. The van der Waals surface area contributed by atoms with E-state index in [1.807, 2.05) is 0 Å². The highest BCUT2D eigenvalue weighted by molar-refractivity contribution is 7.13. The van der Waals surface area contributed by atoms with E-state index >= 15 is 0 Å². The number of aromatic amines is 1. The van der Waals surface area contributed by atoms with Crippen LogP contribution >= 0.6 is 11.3 Å². The van der Waals surface area contributed by atoms with Crippen molar-refractivity contribution < 1.29 is 9.53 Å². The second kappa shape index (κ2) is 5.34.